The van der Waals surface area contributed by atoms with Gasteiger partial charge in [-0.15, -0.1) is 0 Å². The van der Waals surface area contributed by atoms with Crippen LogP contribution in [0.15, 0.2) is 24.5 Å². The number of rotatable bonds is 5. The highest BCUT2D eigenvalue weighted by atomic mass is 35.5. The van der Waals surface area contributed by atoms with Crippen molar-refractivity contribution in [2.45, 2.75) is 12.3 Å². The number of anilines is 2. The number of likely N-dealkylation sites (tertiary alicyclic amines) is 1. The van der Waals surface area contributed by atoms with E-state index in [0.29, 0.717) is 11.3 Å². The smallest absolute Gasteiger partial charge is 0.401 e. The lowest BCUT2D eigenvalue weighted by atomic mass is 9.84. The van der Waals surface area contributed by atoms with Crippen LogP contribution in [0, 0.1) is 29.0 Å². The zero-order valence-electron chi connectivity index (χ0n) is 16.6. The maximum absolute atomic E-state index is 15.1. The molecule has 2 aliphatic heterocycles. The van der Waals surface area contributed by atoms with Crippen molar-refractivity contribution in [2.75, 3.05) is 38.2 Å². The molecule has 1 N–H and O–H groups in total. The Morgan fingerprint density at radius 1 is 1.25 bits per heavy atom. The van der Waals surface area contributed by atoms with E-state index in [9.17, 15) is 13.2 Å². The first-order valence-corrected chi connectivity index (χ1v) is 10.1. The third-order valence-corrected chi connectivity index (χ3v) is 5.65. The molecule has 3 heterocycles. The van der Waals surface area contributed by atoms with Crippen LogP contribution in [0.5, 0.6) is 5.88 Å². The SMILES string of the molecule is N#Cc1ccc(Nc2ncnc(OC3C4COCC3CN(CC(F)(F)F)C4)c2F)c(Cl)c1. The summed E-state index contributed by atoms with van der Waals surface area (Å²) < 4.78 is 64.8. The molecule has 0 saturated carbocycles. The normalized spacial score (nSPS) is 23.4. The van der Waals surface area contributed by atoms with Crippen LogP contribution in [0.1, 0.15) is 5.56 Å². The first-order valence-electron chi connectivity index (χ1n) is 9.74. The predicted octanol–water partition coefficient (Wildman–Crippen LogP) is 3.77. The number of nitrogens with zero attached hydrogens (tertiary/aromatic N) is 4. The van der Waals surface area contributed by atoms with Gasteiger partial charge in [-0.3, -0.25) is 4.90 Å². The quantitative estimate of drug-likeness (QED) is 0.664. The van der Waals surface area contributed by atoms with Crippen molar-refractivity contribution in [3.8, 4) is 11.9 Å². The van der Waals surface area contributed by atoms with E-state index in [1.54, 1.807) is 0 Å². The molecular formula is C20H18ClF4N5O2. The summed E-state index contributed by atoms with van der Waals surface area (Å²) in [7, 11) is 0. The number of piperidine rings is 1. The van der Waals surface area contributed by atoms with Gasteiger partial charge in [0, 0.05) is 24.9 Å². The minimum Gasteiger partial charge on any atom is -0.471 e. The van der Waals surface area contributed by atoms with Gasteiger partial charge in [0.15, 0.2) is 5.82 Å². The molecule has 32 heavy (non-hydrogen) atoms. The predicted molar refractivity (Wildman–Crippen MR) is 106 cm³/mol. The van der Waals surface area contributed by atoms with Crippen molar-refractivity contribution >= 4 is 23.1 Å². The number of alkyl halides is 3. The van der Waals surface area contributed by atoms with E-state index in [-0.39, 0.29) is 54.9 Å². The molecule has 1 aromatic heterocycles. The highest BCUT2D eigenvalue weighted by molar-refractivity contribution is 6.33. The van der Waals surface area contributed by atoms with Gasteiger partial charge in [0.1, 0.15) is 12.4 Å². The van der Waals surface area contributed by atoms with Crippen molar-refractivity contribution in [1.82, 2.24) is 14.9 Å². The number of nitriles is 1. The molecule has 7 nitrogen and oxygen atoms in total. The lowest BCUT2D eigenvalue weighted by Gasteiger charge is -2.46. The average Bonchev–Trinajstić information content (AvgIpc) is 2.71. The first kappa shape index (κ1) is 22.5. The molecule has 0 spiro atoms. The topological polar surface area (TPSA) is 83.3 Å². The van der Waals surface area contributed by atoms with Gasteiger partial charge < -0.3 is 14.8 Å². The minimum absolute atomic E-state index is 0.124. The fourth-order valence-electron chi connectivity index (χ4n) is 4.04. The molecule has 1 aromatic carbocycles. The molecule has 0 amide bonds. The van der Waals surface area contributed by atoms with E-state index in [4.69, 9.17) is 26.3 Å². The molecule has 2 unspecified atom stereocenters. The second kappa shape index (κ2) is 9.05. The van der Waals surface area contributed by atoms with Gasteiger partial charge in [0.25, 0.3) is 5.88 Å². The number of fused-ring (bicyclic) bond motifs is 2. The van der Waals surface area contributed by atoms with E-state index in [1.165, 1.54) is 23.1 Å². The van der Waals surface area contributed by atoms with Crippen LogP contribution in [0.4, 0.5) is 29.1 Å². The van der Waals surface area contributed by atoms with Gasteiger partial charge in [-0.1, -0.05) is 11.6 Å². The lowest BCUT2D eigenvalue weighted by molar-refractivity contribution is -0.173. The van der Waals surface area contributed by atoms with Gasteiger partial charge in [-0.25, -0.2) is 4.98 Å². The van der Waals surface area contributed by atoms with E-state index in [1.807, 2.05) is 6.07 Å². The fourth-order valence-corrected chi connectivity index (χ4v) is 4.26. The minimum atomic E-state index is -4.30. The second-order valence-corrected chi connectivity index (χ2v) is 8.13. The number of aromatic nitrogens is 2. The van der Waals surface area contributed by atoms with Crippen molar-refractivity contribution < 1.29 is 27.0 Å². The van der Waals surface area contributed by atoms with Crippen molar-refractivity contribution in [3.05, 3.63) is 40.9 Å². The molecule has 2 aromatic rings. The lowest BCUT2D eigenvalue weighted by Crippen LogP contribution is -2.58. The molecular weight excluding hydrogens is 454 g/mol. The van der Waals surface area contributed by atoms with Crippen LogP contribution in [-0.4, -0.2) is 60.0 Å². The van der Waals surface area contributed by atoms with Gasteiger partial charge in [-0.2, -0.15) is 27.8 Å². The summed E-state index contributed by atoms with van der Waals surface area (Å²) in [5.41, 5.74) is 0.679. The number of ether oxygens (including phenoxy) is 2. The molecule has 2 atom stereocenters. The number of hydrogen-bond acceptors (Lipinski definition) is 7. The maximum atomic E-state index is 15.1. The molecule has 2 aliphatic rings. The summed E-state index contributed by atoms with van der Waals surface area (Å²) in [6.45, 7) is -0.324. The highest BCUT2D eigenvalue weighted by Crippen LogP contribution is 2.34. The zero-order chi connectivity index (χ0) is 22.9. The Kier molecular flexibility index (Phi) is 6.37. The average molecular weight is 472 g/mol. The Hall–Kier alpha value is -2.68. The van der Waals surface area contributed by atoms with Gasteiger partial charge in [-0.05, 0) is 18.2 Å². The Labute approximate surface area is 185 Å². The summed E-state index contributed by atoms with van der Waals surface area (Å²) in [5, 5.41) is 11.9. The fraction of sp³-hybridized carbons (Fsp3) is 0.450. The highest BCUT2D eigenvalue weighted by Gasteiger charge is 2.45. The van der Waals surface area contributed by atoms with E-state index in [0.717, 1.165) is 6.33 Å². The molecule has 0 aliphatic carbocycles. The summed E-state index contributed by atoms with van der Waals surface area (Å²) >= 11 is 6.12. The van der Waals surface area contributed by atoms with Crippen LogP contribution < -0.4 is 10.1 Å². The Bertz CT molecular complexity index is 1020. The second-order valence-electron chi connectivity index (χ2n) is 7.72. The summed E-state index contributed by atoms with van der Waals surface area (Å²) in [5.74, 6) is -2.06. The van der Waals surface area contributed by atoms with Crippen LogP contribution in [-0.2, 0) is 4.74 Å². The van der Waals surface area contributed by atoms with Crippen LogP contribution in [0.25, 0.3) is 0 Å². The monoisotopic (exact) mass is 471 g/mol. The van der Waals surface area contributed by atoms with Gasteiger partial charge in [0.2, 0.25) is 5.82 Å². The molecule has 2 saturated heterocycles. The third-order valence-electron chi connectivity index (χ3n) is 5.34. The Morgan fingerprint density at radius 2 is 1.97 bits per heavy atom. The van der Waals surface area contributed by atoms with E-state index < -0.39 is 24.6 Å². The summed E-state index contributed by atoms with van der Waals surface area (Å²) in [6.07, 6.45) is -3.72. The largest absolute Gasteiger partial charge is 0.471 e. The van der Waals surface area contributed by atoms with E-state index in [2.05, 4.69) is 15.3 Å². The molecule has 2 fully saturated rings. The zero-order valence-corrected chi connectivity index (χ0v) is 17.3. The number of benzene rings is 1. The Balaban J connectivity index is 1.50. The van der Waals surface area contributed by atoms with Crippen LogP contribution in [0.3, 0.4) is 0 Å². The van der Waals surface area contributed by atoms with Crippen LogP contribution >= 0.6 is 11.6 Å². The molecule has 0 radical (unpaired) electrons. The molecule has 170 valence electrons. The van der Waals surface area contributed by atoms with Gasteiger partial charge in [0.05, 0.1) is 42.1 Å². The van der Waals surface area contributed by atoms with Crippen molar-refractivity contribution in [1.29, 1.82) is 5.26 Å². The standard InChI is InChI=1S/C20H18ClF4N5O2/c21-14-3-11(4-26)1-2-15(14)29-18-16(22)19(28-10-27-18)32-17-12-5-30(9-20(23,24)25)6-13(17)8-31-7-12/h1-3,10,12-13,17H,5-9H2,(H,27,28,29). The summed E-state index contributed by atoms with van der Waals surface area (Å²) in [4.78, 5) is 9.08. The summed E-state index contributed by atoms with van der Waals surface area (Å²) in [6, 6.07) is 6.41. The van der Waals surface area contributed by atoms with E-state index >= 15 is 4.39 Å². The Morgan fingerprint density at radius 3 is 2.59 bits per heavy atom. The maximum Gasteiger partial charge on any atom is 0.401 e. The first-order chi connectivity index (χ1) is 15.2. The molecule has 2 bridgehead atoms. The number of halogens is 5. The van der Waals surface area contributed by atoms with Gasteiger partial charge >= 0.3 is 6.18 Å². The molecule has 4 rings (SSSR count). The van der Waals surface area contributed by atoms with Crippen molar-refractivity contribution in [3.63, 3.8) is 0 Å². The number of hydrogen-bond donors (Lipinski definition) is 1. The number of nitrogens with one attached hydrogen (secondary N) is 1. The van der Waals surface area contributed by atoms with Crippen LogP contribution in [0.2, 0.25) is 5.02 Å². The van der Waals surface area contributed by atoms with Crippen molar-refractivity contribution in [2.24, 2.45) is 11.8 Å². The third kappa shape index (κ3) is 5.03. The molecule has 12 heteroatoms.